The number of benzene rings is 14. The van der Waals surface area contributed by atoms with Crippen molar-refractivity contribution in [1.82, 2.24) is 0 Å². The van der Waals surface area contributed by atoms with Gasteiger partial charge in [0.2, 0.25) is 0 Å². The molecule has 0 aliphatic rings. The van der Waals surface area contributed by atoms with Crippen LogP contribution in [0.4, 0.5) is 106 Å². The van der Waals surface area contributed by atoms with E-state index in [4.69, 9.17) is 34.5 Å². The van der Waals surface area contributed by atoms with Gasteiger partial charge in [-0.3, -0.25) is 9.03 Å². The predicted octanol–water partition coefficient (Wildman–Crippen LogP) is 25.1. The van der Waals surface area contributed by atoms with Crippen LogP contribution in [-0.4, -0.2) is 43.8 Å². The van der Waals surface area contributed by atoms with Crippen LogP contribution in [0.5, 0.6) is 23.0 Å². The smallest absolute Gasteiger partial charge is 0.418 e. The normalized spacial score (nSPS) is 11.8. The van der Waals surface area contributed by atoms with Crippen molar-refractivity contribution in [3.8, 4) is 23.0 Å². The van der Waals surface area contributed by atoms with E-state index in [-0.39, 0.29) is 95.5 Å². The number of alkyl halides is 6. The van der Waals surface area contributed by atoms with Gasteiger partial charge in [0.1, 0.15) is 66.9 Å². The van der Waals surface area contributed by atoms with Gasteiger partial charge in [-0.1, -0.05) is 147 Å². The largest absolute Gasteiger partial charge is 0.507 e. The van der Waals surface area contributed by atoms with Gasteiger partial charge in [-0.15, -0.1) is 40.9 Å². The SMILES string of the molecule is CC.CCN(c1ccccc1)S(=O)(=O)c1ccccc1N=Nc1c(N)ccc2cc(C)cc(O)c12.Cc1cc(O)c2c(N=Nc3ccc(Cl)cc3C(F)(F)F)c(N)ccc2c1.Cc1cc(O)c2c(N=Nc3ccccc3C(F)(F)F)c(N)ccc2c1.Cc1cc(O)c2c(N=Nc3ccccc3S(=O)(=O)Nc3ccccc3)c(N)ccc2c1. The Balaban J connectivity index is 0.000000164. The highest BCUT2D eigenvalue weighted by molar-refractivity contribution is 7.93. The number of hydrogen-bond donors (Lipinski definition) is 9. The number of hydrogen-bond acceptors (Lipinski definition) is 20. The molecule has 0 bridgehead atoms. The Labute approximate surface area is 674 Å². The number of nitrogens with one attached hydrogen (secondary N) is 1. The van der Waals surface area contributed by atoms with E-state index < -0.39 is 49.2 Å². The number of sulfonamides is 2. The molecule has 0 aliphatic carbocycles. The molecule has 0 aromatic heterocycles. The molecule has 14 aromatic carbocycles. The first-order valence-electron chi connectivity index (χ1n) is 35.7. The minimum absolute atomic E-state index is 0.0262. The maximum atomic E-state index is 13.5. The summed E-state index contributed by atoms with van der Waals surface area (Å²) < 4.78 is 135. The van der Waals surface area contributed by atoms with Gasteiger partial charge in [-0.25, -0.2) is 16.8 Å². The number of azo groups is 4. The highest BCUT2D eigenvalue weighted by Gasteiger charge is 2.35. The monoisotopic (exact) mass is 1650 g/mol. The zero-order chi connectivity index (χ0) is 84.8. The lowest BCUT2D eigenvalue weighted by Crippen LogP contribution is -2.30. The van der Waals surface area contributed by atoms with Gasteiger partial charge in [0.05, 0.1) is 72.5 Å². The van der Waals surface area contributed by atoms with E-state index in [2.05, 4.69) is 45.6 Å². The van der Waals surface area contributed by atoms with E-state index in [0.717, 1.165) is 51.2 Å². The summed E-state index contributed by atoms with van der Waals surface area (Å²) in [6, 6.07) is 65.5. The van der Waals surface area contributed by atoms with Crippen molar-refractivity contribution < 1.29 is 63.6 Å². The van der Waals surface area contributed by atoms with E-state index in [1.165, 1.54) is 52.8 Å². The molecule has 22 nitrogen and oxygen atoms in total. The zero-order valence-corrected chi connectivity index (χ0v) is 66.0. The Morgan fingerprint density at radius 3 is 1.07 bits per heavy atom. The summed E-state index contributed by atoms with van der Waals surface area (Å²) in [7, 11) is -7.81. The molecule has 0 aliphatic heterocycles. The lowest BCUT2D eigenvalue weighted by molar-refractivity contribution is -0.137. The fourth-order valence-corrected chi connectivity index (χ4v) is 15.2. The molecule has 0 fully saturated rings. The molecule has 0 unspecified atom stereocenters. The van der Waals surface area contributed by atoms with Gasteiger partial charge in [0.15, 0.2) is 0 Å². The van der Waals surface area contributed by atoms with Crippen LogP contribution in [0.15, 0.2) is 299 Å². The van der Waals surface area contributed by atoms with Crippen LogP contribution in [-0.2, 0) is 32.4 Å². The summed E-state index contributed by atoms with van der Waals surface area (Å²) in [6.07, 6.45) is -9.18. The van der Waals surface area contributed by atoms with Crippen molar-refractivity contribution in [2.75, 3.05) is 38.5 Å². The minimum Gasteiger partial charge on any atom is -0.507 e. The number of anilines is 6. The Morgan fingerprint density at radius 1 is 0.376 bits per heavy atom. The first kappa shape index (κ1) is 85.7. The van der Waals surface area contributed by atoms with Gasteiger partial charge in [0.25, 0.3) is 20.0 Å². The summed E-state index contributed by atoms with van der Waals surface area (Å²) in [5.74, 6) is -0.0648. The van der Waals surface area contributed by atoms with Gasteiger partial charge >= 0.3 is 12.4 Å². The third-order valence-electron chi connectivity index (χ3n) is 17.4. The zero-order valence-electron chi connectivity index (χ0n) is 63.6. The van der Waals surface area contributed by atoms with Crippen LogP contribution in [0.1, 0.15) is 54.2 Å². The van der Waals surface area contributed by atoms with Crippen molar-refractivity contribution in [2.24, 2.45) is 40.9 Å². The third kappa shape index (κ3) is 20.3. The Morgan fingerprint density at radius 2 is 0.692 bits per heavy atom. The number of phenols is 4. The predicted molar refractivity (Wildman–Crippen MR) is 452 cm³/mol. The fraction of sp³-hybridized carbons (Fsp3) is 0.116. The molecular weight excluding hydrogens is 1570 g/mol. The molecule has 0 saturated heterocycles. The van der Waals surface area contributed by atoms with Gasteiger partial charge in [0, 0.05) is 17.3 Å². The van der Waals surface area contributed by atoms with Crippen LogP contribution in [0.2, 0.25) is 5.02 Å². The standard InChI is InChI=1S/C25H24N4O3S.C23H20N4O3S.C18H13ClF3N3O.C18H14F3N3O.C2H6/c1-3-29(19-9-5-4-6-10-19)33(31,32)23-12-8-7-11-21(23)27-28-25-20(26)14-13-18-15-17(2)16-22(30)24(18)25;1-15-13-16-11-12-18(24)23(22(16)20(28)14-15)26-25-19-9-5-6-10-21(19)31(29,30)27-17-7-3-2-4-8-17;1-9-6-10-2-4-13(23)17(16(10)15(26)7-9)25-24-14-5-3-11(19)8-12(14)18(20,21)22;1-10-8-11-6-7-13(22)17(16(11)15(25)9-10)24-23-14-5-3-2-4-12(14)18(19,20)21;1-2/h4-16,30H,3,26H2,1-2H3;2-14,27-28H,24H2,1H3;2-8,26H,23H2,1H3;2-9,25H,22H2,1H3;1-2H3. The molecular formula is C86H77ClF6N14O8S2. The molecule has 0 heterocycles. The van der Waals surface area contributed by atoms with Gasteiger partial charge < -0.3 is 43.4 Å². The topological polar surface area (TPSA) is 367 Å². The number of para-hydroxylation sites is 2. The lowest BCUT2D eigenvalue weighted by atomic mass is 10.0. The van der Waals surface area contributed by atoms with Crippen LogP contribution in [0, 0.1) is 27.7 Å². The van der Waals surface area contributed by atoms with Crippen LogP contribution in [0.25, 0.3) is 43.1 Å². The minimum atomic E-state index is -4.64. The van der Waals surface area contributed by atoms with Crippen molar-refractivity contribution in [3.63, 3.8) is 0 Å². The second kappa shape index (κ2) is 36.6. The number of nitrogens with two attached hydrogens (primary N) is 4. The molecule has 0 spiro atoms. The maximum Gasteiger partial charge on any atom is 0.418 e. The van der Waals surface area contributed by atoms with E-state index >= 15 is 0 Å². The highest BCUT2D eigenvalue weighted by atomic mass is 35.5. The second-order valence-electron chi connectivity index (χ2n) is 25.9. The summed E-state index contributed by atoms with van der Waals surface area (Å²) in [5.41, 5.74) is 28.0. The molecule has 117 heavy (non-hydrogen) atoms. The second-order valence-corrected chi connectivity index (χ2v) is 29.8. The summed E-state index contributed by atoms with van der Waals surface area (Å²) >= 11 is 5.65. The van der Waals surface area contributed by atoms with Gasteiger partial charge in [-0.05, 0) is 206 Å². The molecule has 0 atom stereocenters. The fourth-order valence-electron chi connectivity index (χ4n) is 12.3. The summed E-state index contributed by atoms with van der Waals surface area (Å²) in [6.45, 7) is 13.4. The number of nitrogen functional groups attached to an aromatic ring is 4. The quantitative estimate of drug-likeness (QED) is 0.0263. The molecule has 0 radical (unpaired) electrons. The summed E-state index contributed by atoms with van der Waals surface area (Å²) in [4.78, 5) is -0.000180. The van der Waals surface area contributed by atoms with E-state index in [0.29, 0.717) is 55.1 Å². The Kier molecular flexibility index (Phi) is 26.8. The molecule has 14 rings (SSSR count). The van der Waals surface area contributed by atoms with Crippen molar-refractivity contribution in [1.29, 1.82) is 0 Å². The van der Waals surface area contributed by atoms with Crippen molar-refractivity contribution in [3.05, 3.63) is 287 Å². The molecule has 600 valence electrons. The summed E-state index contributed by atoms with van der Waals surface area (Å²) in [5, 5.41) is 77.9. The van der Waals surface area contributed by atoms with E-state index in [9.17, 15) is 63.6 Å². The molecule has 31 heteroatoms. The lowest BCUT2D eigenvalue weighted by Gasteiger charge is -2.23. The molecule has 13 N–H and O–H groups in total. The molecule has 0 saturated carbocycles. The Bertz CT molecular complexity index is 6410. The number of halogens is 7. The van der Waals surface area contributed by atoms with Gasteiger partial charge in [-0.2, -0.15) is 26.3 Å². The van der Waals surface area contributed by atoms with Crippen LogP contribution >= 0.6 is 11.6 Å². The van der Waals surface area contributed by atoms with Crippen molar-refractivity contribution >= 4 is 154 Å². The number of aryl methyl sites for hydroxylation is 4. The van der Waals surface area contributed by atoms with E-state index in [1.807, 2.05) is 58.9 Å². The molecule has 14 aromatic rings. The molecule has 0 amide bonds. The number of phenolic OH excluding ortho intramolecular Hbond substituents is 4. The number of aromatic hydroxyl groups is 4. The first-order chi connectivity index (χ1) is 55.6. The number of nitrogens with zero attached hydrogens (tertiary/aromatic N) is 9. The van der Waals surface area contributed by atoms with Crippen LogP contribution in [0.3, 0.4) is 0 Å². The van der Waals surface area contributed by atoms with Crippen molar-refractivity contribution in [2.45, 2.75) is 70.6 Å². The Hall–Kier alpha value is -13.7. The van der Waals surface area contributed by atoms with Crippen LogP contribution < -0.4 is 32.0 Å². The average molecular weight is 1650 g/mol. The third-order valence-corrected chi connectivity index (χ3v) is 21.0. The number of fused-ring (bicyclic) bond motifs is 4. The highest BCUT2D eigenvalue weighted by Crippen LogP contribution is 2.47. The first-order valence-corrected chi connectivity index (χ1v) is 39.0. The number of rotatable bonds is 15. The maximum absolute atomic E-state index is 13.5. The average Bonchev–Trinajstić information content (AvgIpc) is 0.786. The van der Waals surface area contributed by atoms with E-state index in [1.54, 1.807) is 172 Å².